The number of amides is 1. The predicted molar refractivity (Wildman–Crippen MR) is 85.7 cm³/mol. The molecule has 0 spiro atoms. The fraction of sp³-hybridized carbons (Fsp3) is 0.562. The minimum atomic E-state index is -0.543. The van der Waals surface area contributed by atoms with Gasteiger partial charge in [-0.2, -0.15) is 11.8 Å². The Kier molecular flexibility index (Phi) is 5.49. The van der Waals surface area contributed by atoms with E-state index in [1.807, 2.05) is 54.0 Å². The van der Waals surface area contributed by atoms with Crippen molar-refractivity contribution >= 4 is 17.7 Å². The molecule has 20 heavy (non-hydrogen) atoms. The van der Waals surface area contributed by atoms with E-state index < -0.39 is 6.04 Å². The van der Waals surface area contributed by atoms with Gasteiger partial charge >= 0.3 is 0 Å². The van der Waals surface area contributed by atoms with E-state index in [1.165, 1.54) is 6.42 Å². The topological polar surface area (TPSA) is 46.3 Å². The summed E-state index contributed by atoms with van der Waals surface area (Å²) in [5, 5.41) is 0.702. The second-order valence-electron chi connectivity index (χ2n) is 5.38. The Balaban J connectivity index is 1.95. The summed E-state index contributed by atoms with van der Waals surface area (Å²) in [6.07, 6.45) is 3.41. The second kappa shape index (κ2) is 7.14. The van der Waals surface area contributed by atoms with Gasteiger partial charge in [0, 0.05) is 18.3 Å². The van der Waals surface area contributed by atoms with Crippen LogP contribution in [0.2, 0.25) is 0 Å². The van der Waals surface area contributed by atoms with Crippen LogP contribution in [0.5, 0.6) is 0 Å². The summed E-state index contributed by atoms with van der Waals surface area (Å²) >= 11 is 2.01. The molecule has 1 aliphatic rings. The molecule has 3 atom stereocenters. The van der Waals surface area contributed by atoms with Gasteiger partial charge in [-0.25, -0.2) is 0 Å². The second-order valence-corrected chi connectivity index (χ2v) is 6.96. The molecule has 0 radical (unpaired) electrons. The number of likely N-dealkylation sites (N-methyl/N-ethyl adjacent to an activating group) is 1. The number of nitrogens with two attached hydrogens (primary N) is 1. The van der Waals surface area contributed by atoms with E-state index in [0.29, 0.717) is 11.3 Å². The first kappa shape index (κ1) is 15.4. The molecular weight excluding hydrogens is 268 g/mol. The molecule has 0 heterocycles. The average molecular weight is 292 g/mol. The van der Waals surface area contributed by atoms with Crippen LogP contribution in [0.25, 0.3) is 0 Å². The van der Waals surface area contributed by atoms with Crippen molar-refractivity contribution in [3.63, 3.8) is 0 Å². The van der Waals surface area contributed by atoms with Crippen molar-refractivity contribution in [2.24, 2.45) is 5.73 Å². The van der Waals surface area contributed by atoms with Crippen LogP contribution < -0.4 is 5.73 Å². The zero-order chi connectivity index (χ0) is 14.5. The van der Waals surface area contributed by atoms with Gasteiger partial charge in [0.2, 0.25) is 5.91 Å². The van der Waals surface area contributed by atoms with Gasteiger partial charge in [-0.3, -0.25) is 4.79 Å². The molecule has 2 rings (SSSR count). The Hall–Kier alpha value is -1.00. The standard InChI is InChI=1S/C16H24N2OS/c1-3-20-14-10-9-13(11-14)18(2)16(19)15(17)12-7-5-4-6-8-12/h4-8,13-15H,3,9-11,17H2,1-2H3/t13-,14-,15+/m1/s1. The van der Waals surface area contributed by atoms with Gasteiger partial charge in [0.25, 0.3) is 0 Å². The third-order valence-corrected chi connectivity index (χ3v) is 5.31. The minimum Gasteiger partial charge on any atom is -0.341 e. The first-order chi connectivity index (χ1) is 9.63. The van der Waals surface area contributed by atoms with E-state index >= 15 is 0 Å². The third-order valence-electron chi connectivity index (χ3n) is 4.08. The highest BCUT2D eigenvalue weighted by Crippen LogP contribution is 2.32. The molecule has 1 aromatic rings. The molecule has 0 bridgehead atoms. The molecule has 0 unspecified atom stereocenters. The van der Waals surface area contributed by atoms with Crippen molar-refractivity contribution < 1.29 is 4.79 Å². The Bertz CT molecular complexity index is 437. The largest absolute Gasteiger partial charge is 0.341 e. The van der Waals surface area contributed by atoms with E-state index in [1.54, 1.807) is 0 Å². The van der Waals surface area contributed by atoms with Gasteiger partial charge in [-0.15, -0.1) is 0 Å². The number of carbonyl (C=O) groups is 1. The van der Waals surface area contributed by atoms with Crippen molar-refractivity contribution in [2.45, 2.75) is 43.5 Å². The molecule has 3 nitrogen and oxygen atoms in total. The first-order valence-electron chi connectivity index (χ1n) is 7.32. The Morgan fingerprint density at radius 2 is 2.10 bits per heavy atom. The van der Waals surface area contributed by atoms with Crippen LogP contribution in [0.15, 0.2) is 30.3 Å². The SMILES string of the molecule is CCS[C@@H]1CC[C@@H](N(C)C(=O)[C@@H](N)c2ccccc2)C1. The molecule has 1 amide bonds. The molecule has 4 heteroatoms. The quantitative estimate of drug-likeness (QED) is 0.907. The summed E-state index contributed by atoms with van der Waals surface area (Å²) in [4.78, 5) is 14.4. The number of hydrogen-bond donors (Lipinski definition) is 1. The van der Waals surface area contributed by atoms with Crippen molar-refractivity contribution in [2.75, 3.05) is 12.8 Å². The fourth-order valence-electron chi connectivity index (χ4n) is 2.86. The van der Waals surface area contributed by atoms with E-state index in [9.17, 15) is 4.79 Å². The van der Waals surface area contributed by atoms with E-state index in [2.05, 4.69) is 6.92 Å². The lowest BCUT2D eigenvalue weighted by molar-refractivity contribution is -0.133. The summed E-state index contributed by atoms with van der Waals surface area (Å²) in [6.45, 7) is 2.19. The molecular formula is C16H24N2OS. The predicted octanol–water partition coefficient (Wildman–Crippen LogP) is 2.82. The smallest absolute Gasteiger partial charge is 0.244 e. The maximum atomic E-state index is 12.5. The van der Waals surface area contributed by atoms with Crippen LogP contribution in [0.1, 0.15) is 37.8 Å². The minimum absolute atomic E-state index is 0.0309. The highest BCUT2D eigenvalue weighted by molar-refractivity contribution is 7.99. The van der Waals surface area contributed by atoms with Crippen molar-refractivity contribution in [3.05, 3.63) is 35.9 Å². The van der Waals surface area contributed by atoms with Crippen LogP contribution in [0.3, 0.4) is 0 Å². The molecule has 1 saturated carbocycles. The highest BCUT2D eigenvalue weighted by atomic mass is 32.2. The zero-order valence-corrected chi connectivity index (χ0v) is 13.1. The van der Waals surface area contributed by atoms with Gasteiger partial charge in [0.15, 0.2) is 0 Å². The van der Waals surface area contributed by atoms with Gasteiger partial charge in [-0.05, 0) is 30.6 Å². The molecule has 0 aliphatic heterocycles. The lowest BCUT2D eigenvalue weighted by atomic mass is 10.1. The summed E-state index contributed by atoms with van der Waals surface area (Å²) < 4.78 is 0. The Labute approximate surface area is 125 Å². The fourth-order valence-corrected chi connectivity index (χ4v) is 3.99. The van der Waals surface area contributed by atoms with Gasteiger partial charge in [0.1, 0.15) is 6.04 Å². The van der Waals surface area contributed by atoms with Crippen molar-refractivity contribution in [1.29, 1.82) is 0 Å². The van der Waals surface area contributed by atoms with Gasteiger partial charge in [-0.1, -0.05) is 37.3 Å². The lowest BCUT2D eigenvalue weighted by Gasteiger charge is -2.27. The lowest BCUT2D eigenvalue weighted by Crippen LogP contribution is -2.41. The number of thioether (sulfide) groups is 1. The van der Waals surface area contributed by atoms with Gasteiger partial charge < -0.3 is 10.6 Å². The van der Waals surface area contributed by atoms with Crippen molar-refractivity contribution in [1.82, 2.24) is 4.90 Å². The van der Waals surface area contributed by atoms with Gasteiger partial charge in [0.05, 0.1) is 0 Å². The third kappa shape index (κ3) is 3.55. The number of rotatable bonds is 5. The molecule has 1 aromatic carbocycles. The van der Waals surface area contributed by atoms with E-state index in [0.717, 1.165) is 24.2 Å². The van der Waals surface area contributed by atoms with Crippen LogP contribution in [-0.2, 0) is 4.79 Å². The van der Waals surface area contributed by atoms with Crippen molar-refractivity contribution in [3.8, 4) is 0 Å². The highest BCUT2D eigenvalue weighted by Gasteiger charge is 2.31. The molecule has 2 N–H and O–H groups in total. The monoisotopic (exact) mass is 292 g/mol. The average Bonchev–Trinajstić information content (AvgIpc) is 2.95. The summed E-state index contributed by atoms with van der Waals surface area (Å²) in [6, 6.07) is 9.42. The maximum absolute atomic E-state index is 12.5. The molecule has 0 aromatic heterocycles. The summed E-state index contributed by atoms with van der Waals surface area (Å²) in [7, 11) is 1.90. The Morgan fingerprint density at radius 3 is 2.75 bits per heavy atom. The van der Waals surface area contributed by atoms with Crippen LogP contribution in [0.4, 0.5) is 0 Å². The number of hydrogen-bond acceptors (Lipinski definition) is 3. The number of carbonyl (C=O) groups excluding carboxylic acids is 1. The Morgan fingerprint density at radius 1 is 1.40 bits per heavy atom. The number of benzene rings is 1. The molecule has 1 fully saturated rings. The van der Waals surface area contributed by atoms with E-state index in [-0.39, 0.29) is 5.91 Å². The zero-order valence-electron chi connectivity index (χ0n) is 12.3. The van der Waals surface area contributed by atoms with Crippen LogP contribution in [0, 0.1) is 0 Å². The van der Waals surface area contributed by atoms with E-state index in [4.69, 9.17) is 5.73 Å². The molecule has 1 aliphatic carbocycles. The maximum Gasteiger partial charge on any atom is 0.244 e. The normalized spacial score (nSPS) is 23.6. The van der Waals surface area contributed by atoms with Crippen LogP contribution in [-0.4, -0.2) is 34.9 Å². The number of nitrogens with zero attached hydrogens (tertiary/aromatic N) is 1. The molecule has 0 saturated heterocycles. The summed E-state index contributed by atoms with van der Waals surface area (Å²) in [5.74, 6) is 1.18. The molecule has 110 valence electrons. The summed E-state index contributed by atoms with van der Waals surface area (Å²) in [5.41, 5.74) is 6.99. The first-order valence-corrected chi connectivity index (χ1v) is 8.37. The van der Waals surface area contributed by atoms with Crippen LogP contribution >= 0.6 is 11.8 Å².